The van der Waals surface area contributed by atoms with E-state index in [0.717, 1.165) is 75.0 Å². The van der Waals surface area contributed by atoms with Crippen molar-refractivity contribution in [1.29, 1.82) is 0 Å². The molecule has 1 aliphatic carbocycles. The highest BCUT2D eigenvalue weighted by molar-refractivity contribution is 5.93. The number of hydrogen-bond acceptors (Lipinski definition) is 6. The van der Waals surface area contributed by atoms with Crippen molar-refractivity contribution in [3.63, 3.8) is 0 Å². The first-order valence-corrected chi connectivity index (χ1v) is 10.7. The van der Waals surface area contributed by atoms with Gasteiger partial charge in [0.15, 0.2) is 0 Å². The van der Waals surface area contributed by atoms with Crippen molar-refractivity contribution in [3.8, 4) is 0 Å². The molecule has 1 aliphatic heterocycles. The van der Waals surface area contributed by atoms with Gasteiger partial charge in [-0.3, -0.25) is 14.5 Å². The number of carbonyl (C=O) groups is 1. The van der Waals surface area contributed by atoms with Crippen molar-refractivity contribution in [3.05, 3.63) is 45.2 Å². The van der Waals surface area contributed by atoms with E-state index in [4.69, 9.17) is 4.52 Å². The Morgan fingerprint density at radius 3 is 2.97 bits per heavy atom. The maximum Gasteiger partial charge on any atom is 0.290 e. The quantitative estimate of drug-likeness (QED) is 0.795. The molecule has 0 spiro atoms. The van der Waals surface area contributed by atoms with E-state index >= 15 is 0 Å². The normalized spacial score (nSPS) is 19.7. The monoisotopic (exact) mass is 399 g/mol. The van der Waals surface area contributed by atoms with Gasteiger partial charge < -0.3 is 9.84 Å². The number of amides is 1. The lowest BCUT2D eigenvalue weighted by Crippen LogP contribution is -2.48. The van der Waals surface area contributed by atoms with Crippen LogP contribution in [-0.4, -0.2) is 51.4 Å². The number of aryl methyl sites for hydroxylation is 2. The van der Waals surface area contributed by atoms with Crippen LogP contribution >= 0.6 is 0 Å². The van der Waals surface area contributed by atoms with Gasteiger partial charge in [0.2, 0.25) is 5.76 Å². The van der Waals surface area contributed by atoms with Gasteiger partial charge in [0.1, 0.15) is 0 Å². The highest BCUT2D eigenvalue weighted by Crippen LogP contribution is 2.24. The Hall–Kier alpha value is -2.48. The summed E-state index contributed by atoms with van der Waals surface area (Å²) in [5, 5.41) is 11.5. The summed E-state index contributed by atoms with van der Waals surface area (Å²) in [6, 6.07) is 3.56. The van der Waals surface area contributed by atoms with Crippen LogP contribution < -0.4 is 10.9 Å². The Balaban J connectivity index is 1.35. The number of nitrogens with zero attached hydrogens (tertiary/aromatic N) is 4. The fourth-order valence-electron chi connectivity index (χ4n) is 4.38. The molecule has 0 aromatic carbocycles. The molecule has 4 rings (SSSR count). The molecule has 2 aromatic heterocycles. The molecule has 1 unspecified atom stereocenters. The molecular weight excluding hydrogens is 370 g/mol. The van der Waals surface area contributed by atoms with Crippen LogP contribution in [0.25, 0.3) is 0 Å². The smallest absolute Gasteiger partial charge is 0.290 e. The van der Waals surface area contributed by atoms with Gasteiger partial charge in [-0.15, -0.1) is 0 Å². The molecule has 3 heterocycles. The number of fused-ring (bicyclic) bond motifs is 1. The van der Waals surface area contributed by atoms with E-state index in [1.807, 2.05) is 6.92 Å². The lowest BCUT2D eigenvalue weighted by Gasteiger charge is -2.35. The van der Waals surface area contributed by atoms with E-state index in [0.29, 0.717) is 18.8 Å². The third-order valence-corrected chi connectivity index (χ3v) is 6.01. The number of hydrogen-bond donors (Lipinski definition) is 1. The molecule has 156 valence electrons. The zero-order chi connectivity index (χ0) is 20.2. The zero-order valence-electron chi connectivity index (χ0n) is 17.0. The predicted molar refractivity (Wildman–Crippen MR) is 108 cm³/mol. The molecule has 0 bridgehead atoms. The summed E-state index contributed by atoms with van der Waals surface area (Å²) < 4.78 is 6.88. The second kappa shape index (κ2) is 8.90. The third kappa shape index (κ3) is 4.58. The van der Waals surface area contributed by atoms with E-state index in [1.165, 1.54) is 4.68 Å². The molecule has 0 saturated carbocycles. The average Bonchev–Trinajstić information content (AvgIpc) is 3.17. The van der Waals surface area contributed by atoms with E-state index in [1.54, 1.807) is 12.1 Å². The SMILES string of the molecule is Cc1ccc(=O)n(CCN2CCCCC2CNC(=O)c2onc3c2CCCC3)n1. The van der Waals surface area contributed by atoms with Gasteiger partial charge in [0.25, 0.3) is 11.5 Å². The summed E-state index contributed by atoms with van der Waals surface area (Å²) in [4.78, 5) is 27.0. The fraction of sp³-hybridized carbons (Fsp3) is 0.619. The lowest BCUT2D eigenvalue weighted by molar-refractivity contribution is 0.0872. The van der Waals surface area contributed by atoms with Crippen molar-refractivity contribution in [2.24, 2.45) is 0 Å². The molecule has 1 fully saturated rings. The highest BCUT2D eigenvalue weighted by atomic mass is 16.5. The molecule has 8 heteroatoms. The summed E-state index contributed by atoms with van der Waals surface area (Å²) >= 11 is 0. The number of piperidine rings is 1. The van der Waals surface area contributed by atoms with Crippen LogP contribution in [0.5, 0.6) is 0 Å². The van der Waals surface area contributed by atoms with Crippen LogP contribution in [0, 0.1) is 6.92 Å². The molecular formula is C21H29N5O3. The minimum absolute atomic E-state index is 0.0763. The maximum atomic E-state index is 12.7. The Morgan fingerprint density at radius 2 is 2.07 bits per heavy atom. The number of aromatic nitrogens is 3. The second-order valence-electron chi connectivity index (χ2n) is 8.08. The van der Waals surface area contributed by atoms with Crippen molar-refractivity contribution in [2.75, 3.05) is 19.6 Å². The van der Waals surface area contributed by atoms with Crippen LogP contribution in [0.3, 0.4) is 0 Å². The second-order valence-corrected chi connectivity index (χ2v) is 8.08. The van der Waals surface area contributed by atoms with Gasteiger partial charge in [-0.1, -0.05) is 11.6 Å². The van der Waals surface area contributed by atoms with Gasteiger partial charge in [-0.25, -0.2) is 4.68 Å². The van der Waals surface area contributed by atoms with E-state index in [9.17, 15) is 9.59 Å². The third-order valence-electron chi connectivity index (χ3n) is 6.01. The highest BCUT2D eigenvalue weighted by Gasteiger charge is 2.27. The summed E-state index contributed by atoms with van der Waals surface area (Å²) in [6.45, 7) is 4.73. The zero-order valence-corrected chi connectivity index (χ0v) is 17.0. The van der Waals surface area contributed by atoms with E-state index < -0.39 is 0 Å². The Morgan fingerprint density at radius 1 is 1.21 bits per heavy atom. The van der Waals surface area contributed by atoms with Crippen LogP contribution in [0.4, 0.5) is 0 Å². The molecule has 2 aromatic rings. The minimum atomic E-state index is -0.164. The fourth-order valence-corrected chi connectivity index (χ4v) is 4.38. The van der Waals surface area contributed by atoms with Crippen LogP contribution in [0.2, 0.25) is 0 Å². The molecule has 1 N–H and O–H groups in total. The van der Waals surface area contributed by atoms with Gasteiger partial charge in [0.05, 0.1) is 17.9 Å². The number of rotatable bonds is 6. The summed E-state index contributed by atoms with van der Waals surface area (Å²) in [5.74, 6) is 0.223. The predicted octanol–water partition coefficient (Wildman–Crippen LogP) is 1.70. The van der Waals surface area contributed by atoms with Crippen LogP contribution in [0.1, 0.15) is 59.6 Å². The maximum absolute atomic E-state index is 12.7. The van der Waals surface area contributed by atoms with Crippen molar-refractivity contribution >= 4 is 5.91 Å². The Bertz CT molecular complexity index is 919. The Labute approximate surface area is 170 Å². The van der Waals surface area contributed by atoms with E-state index in [-0.39, 0.29) is 17.5 Å². The number of likely N-dealkylation sites (tertiary alicyclic amines) is 1. The lowest BCUT2D eigenvalue weighted by atomic mass is 9.96. The summed E-state index contributed by atoms with van der Waals surface area (Å²) in [7, 11) is 0. The Kier molecular flexibility index (Phi) is 6.08. The molecule has 2 aliphatic rings. The van der Waals surface area contributed by atoms with Crippen molar-refractivity contribution in [1.82, 2.24) is 25.2 Å². The molecule has 1 atom stereocenters. The molecule has 8 nitrogen and oxygen atoms in total. The van der Waals surface area contributed by atoms with Gasteiger partial charge in [-0.2, -0.15) is 5.10 Å². The van der Waals surface area contributed by atoms with Gasteiger partial charge in [0, 0.05) is 30.8 Å². The largest absolute Gasteiger partial charge is 0.350 e. The topological polar surface area (TPSA) is 93.3 Å². The molecule has 29 heavy (non-hydrogen) atoms. The number of nitrogens with one attached hydrogen (secondary N) is 1. The van der Waals surface area contributed by atoms with Crippen LogP contribution in [0.15, 0.2) is 21.5 Å². The summed E-state index contributed by atoms with van der Waals surface area (Å²) in [6.07, 6.45) is 7.27. The van der Waals surface area contributed by atoms with Crippen molar-refractivity contribution < 1.29 is 9.32 Å². The first kappa shape index (κ1) is 19.8. The van der Waals surface area contributed by atoms with Crippen LogP contribution in [-0.2, 0) is 19.4 Å². The van der Waals surface area contributed by atoms with Crippen molar-refractivity contribution in [2.45, 2.75) is 64.5 Å². The van der Waals surface area contributed by atoms with E-state index in [2.05, 4.69) is 20.5 Å². The minimum Gasteiger partial charge on any atom is -0.350 e. The molecule has 1 saturated heterocycles. The molecule has 0 radical (unpaired) electrons. The summed E-state index contributed by atoms with van der Waals surface area (Å²) in [5.41, 5.74) is 2.69. The first-order chi connectivity index (χ1) is 14.1. The first-order valence-electron chi connectivity index (χ1n) is 10.7. The number of carbonyl (C=O) groups excluding carboxylic acids is 1. The van der Waals surface area contributed by atoms with Gasteiger partial charge >= 0.3 is 0 Å². The molecule has 1 amide bonds. The van der Waals surface area contributed by atoms with Gasteiger partial charge in [-0.05, 0) is 58.1 Å². The standard InChI is InChI=1S/C21H29N5O3/c1-15-9-10-19(27)26(23-15)13-12-25-11-5-4-6-16(25)14-22-21(28)20-17-7-2-3-8-18(17)24-29-20/h9-10,16H,2-8,11-14H2,1H3,(H,22,28). The average molecular weight is 399 g/mol.